The normalized spacial score (nSPS) is 14.1. The molecule has 138 valence electrons. The second kappa shape index (κ2) is 7.71. The van der Waals surface area contributed by atoms with E-state index in [9.17, 15) is 0 Å². The monoisotopic (exact) mass is 396 g/mol. The van der Waals surface area contributed by atoms with Crippen LogP contribution in [-0.2, 0) is 6.54 Å². The third-order valence-electron chi connectivity index (χ3n) is 4.44. The molecule has 0 saturated heterocycles. The fraction of sp³-hybridized carbons (Fsp3) is 0.238. The molecular weight excluding hydrogens is 376 g/mol. The van der Waals surface area contributed by atoms with Crippen molar-refractivity contribution in [2.75, 3.05) is 6.67 Å². The van der Waals surface area contributed by atoms with E-state index in [0.717, 1.165) is 32.7 Å². The average Bonchev–Trinajstić information content (AvgIpc) is 3.30. The Labute approximate surface area is 168 Å². The van der Waals surface area contributed by atoms with Gasteiger partial charge in [-0.15, -0.1) is 11.3 Å². The highest BCUT2D eigenvalue weighted by atomic mass is 35.5. The van der Waals surface area contributed by atoms with Gasteiger partial charge >= 0.3 is 0 Å². The van der Waals surface area contributed by atoms with Crippen molar-refractivity contribution in [1.29, 1.82) is 0 Å². The molecule has 0 fully saturated rings. The van der Waals surface area contributed by atoms with E-state index in [-0.39, 0.29) is 6.04 Å². The Kier molecular flexibility index (Phi) is 5.14. The lowest BCUT2D eigenvalue weighted by molar-refractivity contribution is 0.378. The van der Waals surface area contributed by atoms with Crippen LogP contribution in [0.4, 0.5) is 0 Å². The van der Waals surface area contributed by atoms with Gasteiger partial charge in [0.2, 0.25) is 0 Å². The summed E-state index contributed by atoms with van der Waals surface area (Å²) in [4.78, 5) is 8.09. The molecule has 2 aromatic heterocycles. The highest BCUT2D eigenvalue weighted by Gasteiger charge is 2.19. The van der Waals surface area contributed by atoms with Crippen LogP contribution in [0.3, 0.4) is 0 Å². The highest BCUT2D eigenvalue weighted by Crippen LogP contribution is 2.33. The van der Waals surface area contributed by atoms with Crippen molar-refractivity contribution in [1.82, 2.24) is 14.7 Å². The largest absolute Gasteiger partial charge is 0.354 e. The minimum absolute atomic E-state index is 0.288. The number of hydrogen-bond acceptors (Lipinski definition) is 4. The number of allylic oxidation sites excluding steroid dienone is 1. The maximum Gasteiger partial charge on any atom is 0.112 e. The Balaban J connectivity index is 1.59. The van der Waals surface area contributed by atoms with Crippen molar-refractivity contribution in [3.05, 3.63) is 76.4 Å². The zero-order valence-electron chi connectivity index (χ0n) is 15.3. The summed E-state index contributed by atoms with van der Waals surface area (Å²) >= 11 is 7.69. The molecule has 0 amide bonds. The van der Waals surface area contributed by atoms with E-state index in [2.05, 4.69) is 61.5 Å². The zero-order chi connectivity index (χ0) is 18.8. The number of aromatic nitrogens is 2. The summed E-state index contributed by atoms with van der Waals surface area (Å²) in [5, 5.41) is 4.80. The zero-order valence-corrected chi connectivity index (χ0v) is 16.9. The average molecular weight is 397 g/mol. The van der Waals surface area contributed by atoms with Gasteiger partial charge in [0.1, 0.15) is 12.4 Å². The van der Waals surface area contributed by atoms with Crippen molar-refractivity contribution < 1.29 is 0 Å². The lowest BCUT2D eigenvalue weighted by atomic mass is 10.1. The summed E-state index contributed by atoms with van der Waals surface area (Å²) in [6, 6.07) is 14.7. The Hall–Kier alpha value is -2.37. The van der Waals surface area contributed by atoms with Gasteiger partial charge in [-0.1, -0.05) is 41.9 Å². The summed E-state index contributed by atoms with van der Waals surface area (Å²) in [6.45, 7) is 5.75. The van der Waals surface area contributed by atoms with Crippen molar-refractivity contribution in [3.8, 4) is 10.6 Å². The topological polar surface area (TPSA) is 33.4 Å². The van der Waals surface area contributed by atoms with Gasteiger partial charge in [-0.25, -0.2) is 0 Å². The second-order valence-corrected chi connectivity index (χ2v) is 8.52. The summed E-state index contributed by atoms with van der Waals surface area (Å²) in [6.07, 6.45) is 6.28. The van der Waals surface area contributed by atoms with Crippen LogP contribution in [0.1, 0.15) is 31.0 Å². The van der Waals surface area contributed by atoms with Crippen LogP contribution in [0.2, 0.25) is 4.34 Å². The molecule has 27 heavy (non-hydrogen) atoms. The Morgan fingerprint density at radius 2 is 1.96 bits per heavy atom. The predicted molar refractivity (Wildman–Crippen MR) is 113 cm³/mol. The molecule has 0 saturated carbocycles. The summed E-state index contributed by atoms with van der Waals surface area (Å²) in [5.41, 5.74) is 4.24. The molecule has 0 atom stereocenters. The van der Waals surface area contributed by atoms with E-state index >= 15 is 0 Å². The molecule has 0 N–H and O–H groups in total. The van der Waals surface area contributed by atoms with Crippen LogP contribution >= 0.6 is 22.9 Å². The van der Waals surface area contributed by atoms with Gasteiger partial charge in [0, 0.05) is 30.5 Å². The molecule has 4 nitrogen and oxygen atoms in total. The number of nitrogens with zero attached hydrogens (tertiary/aromatic N) is 4. The molecule has 1 aliphatic heterocycles. The van der Waals surface area contributed by atoms with Gasteiger partial charge in [-0.05, 0) is 37.6 Å². The molecular formula is C21H21ClN4S. The van der Waals surface area contributed by atoms with Crippen molar-refractivity contribution in [2.24, 2.45) is 4.99 Å². The molecule has 4 rings (SSSR count). The molecule has 0 unspecified atom stereocenters. The van der Waals surface area contributed by atoms with Gasteiger partial charge in [-0.3, -0.25) is 9.67 Å². The Morgan fingerprint density at radius 3 is 2.59 bits per heavy atom. The van der Waals surface area contributed by atoms with Gasteiger partial charge in [-0.2, -0.15) is 5.10 Å². The minimum atomic E-state index is 0.288. The lowest BCUT2D eigenvalue weighted by Crippen LogP contribution is -2.22. The first-order valence-electron chi connectivity index (χ1n) is 8.96. The van der Waals surface area contributed by atoms with E-state index in [1.54, 1.807) is 11.3 Å². The molecule has 0 aliphatic carbocycles. The van der Waals surface area contributed by atoms with Gasteiger partial charge < -0.3 is 4.90 Å². The van der Waals surface area contributed by atoms with Gasteiger partial charge in [0.05, 0.1) is 14.9 Å². The number of halogens is 1. The van der Waals surface area contributed by atoms with Crippen LogP contribution in [-0.4, -0.2) is 27.1 Å². The number of thiophene rings is 1. The Morgan fingerprint density at radius 1 is 1.15 bits per heavy atom. The van der Waals surface area contributed by atoms with E-state index < -0.39 is 0 Å². The number of hydrogen-bond donors (Lipinski definition) is 0. The SMILES string of the molecule is CC(C)n1cc(C2=NCN(Cc3ccccc3)C=C2)c(-c2ccc(Cl)s2)n1. The summed E-state index contributed by atoms with van der Waals surface area (Å²) < 4.78 is 2.76. The van der Waals surface area contributed by atoms with Gasteiger partial charge in [0.15, 0.2) is 0 Å². The first-order valence-corrected chi connectivity index (χ1v) is 10.2. The van der Waals surface area contributed by atoms with Gasteiger partial charge in [0.25, 0.3) is 0 Å². The fourth-order valence-electron chi connectivity index (χ4n) is 3.01. The molecule has 0 spiro atoms. The van der Waals surface area contributed by atoms with E-state index in [1.165, 1.54) is 5.56 Å². The number of rotatable bonds is 5. The van der Waals surface area contributed by atoms with E-state index in [1.807, 2.05) is 22.9 Å². The number of aliphatic imine (C=N–C) groups is 1. The van der Waals surface area contributed by atoms with E-state index in [4.69, 9.17) is 21.7 Å². The van der Waals surface area contributed by atoms with Crippen LogP contribution in [0.25, 0.3) is 10.6 Å². The molecule has 0 radical (unpaired) electrons. The second-order valence-electron chi connectivity index (χ2n) is 6.80. The van der Waals surface area contributed by atoms with Crippen molar-refractivity contribution >= 4 is 28.6 Å². The Bertz CT molecular complexity index is 985. The lowest BCUT2D eigenvalue weighted by Gasteiger charge is -2.22. The third-order valence-corrected chi connectivity index (χ3v) is 5.68. The van der Waals surface area contributed by atoms with Crippen LogP contribution in [0.15, 0.2) is 65.9 Å². The minimum Gasteiger partial charge on any atom is -0.354 e. The van der Waals surface area contributed by atoms with Crippen LogP contribution in [0.5, 0.6) is 0 Å². The van der Waals surface area contributed by atoms with Crippen molar-refractivity contribution in [3.63, 3.8) is 0 Å². The first kappa shape index (κ1) is 18.0. The quantitative estimate of drug-likeness (QED) is 0.560. The molecule has 3 aromatic rings. The standard InChI is InChI=1S/C21H21ClN4S/c1-15(2)26-13-17(21(24-26)19-8-9-20(22)27-19)18-10-11-25(14-23-18)12-16-6-4-3-5-7-16/h3-11,13,15H,12,14H2,1-2H3. The van der Waals surface area contributed by atoms with E-state index in [0.29, 0.717) is 6.67 Å². The maximum atomic E-state index is 6.15. The molecule has 0 bridgehead atoms. The maximum absolute atomic E-state index is 6.15. The highest BCUT2D eigenvalue weighted by molar-refractivity contribution is 7.19. The third kappa shape index (κ3) is 3.99. The first-order chi connectivity index (χ1) is 13.1. The fourth-order valence-corrected chi connectivity index (χ4v) is 4.05. The predicted octanol–water partition coefficient (Wildman–Crippen LogP) is 5.62. The van der Waals surface area contributed by atoms with Crippen molar-refractivity contribution in [2.45, 2.75) is 26.4 Å². The van der Waals surface area contributed by atoms with Crippen LogP contribution in [0, 0.1) is 0 Å². The molecule has 1 aliphatic rings. The smallest absolute Gasteiger partial charge is 0.112 e. The summed E-state index contributed by atoms with van der Waals surface area (Å²) in [7, 11) is 0. The molecule has 1 aromatic carbocycles. The van der Waals surface area contributed by atoms with Crippen LogP contribution < -0.4 is 0 Å². The molecule has 3 heterocycles. The molecule has 6 heteroatoms. The number of benzene rings is 1. The summed E-state index contributed by atoms with van der Waals surface area (Å²) in [5.74, 6) is 0.